The van der Waals surface area contributed by atoms with Gasteiger partial charge in [0.2, 0.25) is 17.1 Å². The van der Waals surface area contributed by atoms with Gasteiger partial charge in [-0.1, -0.05) is 0 Å². The molecule has 1 aliphatic rings. The van der Waals surface area contributed by atoms with E-state index >= 15 is 0 Å². The summed E-state index contributed by atoms with van der Waals surface area (Å²) in [6.45, 7) is 0.277. The molecule has 1 saturated carbocycles. The summed E-state index contributed by atoms with van der Waals surface area (Å²) >= 11 is 0. The fraction of sp³-hybridized carbons (Fsp3) is 0.500. The van der Waals surface area contributed by atoms with Crippen LogP contribution in [-0.2, 0) is 6.54 Å². The maximum Gasteiger partial charge on any atom is 0.215 e. The number of fused-ring (bicyclic) bond motifs is 1. The van der Waals surface area contributed by atoms with Crippen LogP contribution in [0.15, 0.2) is 16.7 Å². The largest absolute Gasteiger partial charge is 0.486 e. The minimum absolute atomic E-state index is 0.277. The lowest BCUT2D eigenvalue weighted by Crippen LogP contribution is -2.10. The minimum atomic E-state index is 0.277. The quantitative estimate of drug-likeness (QED) is 0.877. The highest BCUT2D eigenvalue weighted by Gasteiger charge is 2.19. The van der Waals surface area contributed by atoms with Crippen LogP contribution in [0.4, 0.5) is 0 Å². The van der Waals surface area contributed by atoms with Crippen molar-refractivity contribution in [1.82, 2.24) is 9.97 Å². The van der Waals surface area contributed by atoms with Crippen LogP contribution in [0.25, 0.3) is 11.2 Å². The van der Waals surface area contributed by atoms with Crippen molar-refractivity contribution in [2.75, 3.05) is 0 Å². The number of oxazole rings is 1. The maximum absolute atomic E-state index is 5.93. The van der Waals surface area contributed by atoms with E-state index in [4.69, 9.17) is 14.9 Å². The molecule has 1 fully saturated rings. The molecule has 5 nitrogen and oxygen atoms in total. The van der Waals surface area contributed by atoms with Gasteiger partial charge >= 0.3 is 0 Å². The maximum atomic E-state index is 5.93. The third-order valence-corrected chi connectivity index (χ3v) is 3.07. The Bertz CT molecular complexity index is 517. The van der Waals surface area contributed by atoms with Crippen LogP contribution in [0.3, 0.4) is 0 Å². The van der Waals surface area contributed by atoms with E-state index in [2.05, 4.69) is 9.97 Å². The number of rotatable bonds is 3. The molecule has 0 bridgehead atoms. The molecule has 1 aliphatic carbocycles. The van der Waals surface area contributed by atoms with Crippen LogP contribution in [0, 0.1) is 0 Å². The second-order valence-corrected chi connectivity index (χ2v) is 4.30. The zero-order valence-electron chi connectivity index (χ0n) is 9.56. The van der Waals surface area contributed by atoms with E-state index in [1.54, 1.807) is 6.20 Å². The Labute approximate surface area is 99.0 Å². The molecule has 2 aromatic rings. The minimum Gasteiger partial charge on any atom is -0.486 e. The molecule has 0 aliphatic heterocycles. The third-order valence-electron chi connectivity index (χ3n) is 3.07. The molecule has 17 heavy (non-hydrogen) atoms. The first-order valence-corrected chi connectivity index (χ1v) is 5.98. The SMILES string of the molecule is NCc1nc2nccc(OC3CCCC3)c2o1. The second kappa shape index (κ2) is 4.33. The fourth-order valence-corrected chi connectivity index (χ4v) is 2.22. The van der Waals surface area contributed by atoms with Crippen molar-refractivity contribution in [3.63, 3.8) is 0 Å². The number of pyridine rings is 1. The number of nitrogens with zero attached hydrogens (tertiary/aromatic N) is 2. The lowest BCUT2D eigenvalue weighted by Gasteiger charge is -2.12. The molecular weight excluding hydrogens is 218 g/mol. The van der Waals surface area contributed by atoms with Gasteiger partial charge < -0.3 is 14.9 Å². The summed E-state index contributed by atoms with van der Waals surface area (Å²) < 4.78 is 11.5. The molecule has 0 aromatic carbocycles. The Morgan fingerprint density at radius 1 is 1.41 bits per heavy atom. The zero-order chi connectivity index (χ0) is 11.7. The van der Waals surface area contributed by atoms with Crippen molar-refractivity contribution in [3.05, 3.63) is 18.2 Å². The van der Waals surface area contributed by atoms with E-state index in [0.29, 0.717) is 23.2 Å². The number of hydrogen-bond donors (Lipinski definition) is 1. The lowest BCUT2D eigenvalue weighted by atomic mass is 10.3. The van der Waals surface area contributed by atoms with Crippen molar-refractivity contribution in [2.24, 2.45) is 5.73 Å². The van der Waals surface area contributed by atoms with Gasteiger partial charge in [0.15, 0.2) is 5.75 Å². The highest BCUT2D eigenvalue weighted by Crippen LogP contribution is 2.29. The van der Waals surface area contributed by atoms with E-state index in [0.717, 1.165) is 18.6 Å². The normalized spacial score (nSPS) is 16.8. The van der Waals surface area contributed by atoms with Crippen LogP contribution >= 0.6 is 0 Å². The standard InChI is InChI=1S/C12H15N3O2/c13-7-10-15-12-11(17-10)9(5-6-14-12)16-8-3-1-2-4-8/h5-6,8H,1-4,7,13H2. The van der Waals surface area contributed by atoms with Crippen LogP contribution in [-0.4, -0.2) is 16.1 Å². The van der Waals surface area contributed by atoms with Gasteiger partial charge in [0, 0.05) is 12.3 Å². The van der Waals surface area contributed by atoms with Crippen LogP contribution in [0.2, 0.25) is 0 Å². The van der Waals surface area contributed by atoms with Crippen molar-refractivity contribution in [2.45, 2.75) is 38.3 Å². The summed E-state index contributed by atoms with van der Waals surface area (Å²) in [6, 6.07) is 1.83. The molecular formula is C12H15N3O2. The Balaban J connectivity index is 1.94. The molecule has 2 N–H and O–H groups in total. The van der Waals surface area contributed by atoms with Crippen molar-refractivity contribution in [1.29, 1.82) is 0 Å². The highest BCUT2D eigenvalue weighted by molar-refractivity contribution is 5.75. The Morgan fingerprint density at radius 2 is 2.24 bits per heavy atom. The highest BCUT2D eigenvalue weighted by atomic mass is 16.5. The Hall–Kier alpha value is -1.62. The number of nitrogens with two attached hydrogens (primary N) is 1. The molecule has 0 saturated heterocycles. The first kappa shape index (κ1) is 10.5. The summed E-state index contributed by atoms with van der Waals surface area (Å²) in [4.78, 5) is 8.33. The molecule has 0 spiro atoms. The van der Waals surface area contributed by atoms with E-state index < -0.39 is 0 Å². The smallest absolute Gasteiger partial charge is 0.215 e. The average Bonchev–Trinajstić information content (AvgIpc) is 2.97. The van der Waals surface area contributed by atoms with Gasteiger partial charge in [-0.05, 0) is 25.7 Å². The van der Waals surface area contributed by atoms with Crippen molar-refractivity contribution in [3.8, 4) is 5.75 Å². The molecule has 3 rings (SSSR count). The number of hydrogen-bond acceptors (Lipinski definition) is 5. The molecule has 0 atom stereocenters. The van der Waals surface area contributed by atoms with Gasteiger partial charge in [-0.2, -0.15) is 4.98 Å². The van der Waals surface area contributed by atoms with Crippen molar-refractivity contribution >= 4 is 11.2 Å². The predicted molar refractivity (Wildman–Crippen MR) is 62.6 cm³/mol. The van der Waals surface area contributed by atoms with Crippen LogP contribution in [0.1, 0.15) is 31.6 Å². The molecule has 2 aromatic heterocycles. The van der Waals surface area contributed by atoms with Crippen LogP contribution in [0.5, 0.6) is 5.75 Å². The van der Waals surface area contributed by atoms with Crippen LogP contribution < -0.4 is 10.5 Å². The summed E-state index contributed by atoms with van der Waals surface area (Å²) in [5.41, 5.74) is 6.68. The molecule has 0 radical (unpaired) electrons. The molecule has 2 heterocycles. The van der Waals surface area contributed by atoms with E-state index in [-0.39, 0.29) is 6.54 Å². The fourth-order valence-electron chi connectivity index (χ4n) is 2.22. The van der Waals surface area contributed by atoms with E-state index in [9.17, 15) is 0 Å². The number of ether oxygens (including phenoxy) is 1. The third kappa shape index (κ3) is 1.98. The van der Waals surface area contributed by atoms with Gasteiger partial charge in [0.25, 0.3) is 0 Å². The lowest BCUT2D eigenvalue weighted by molar-refractivity contribution is 0.210. The monoisotopic (exact) mass is 233 g/mol. The molecule has 0 unspecified atom stereocenters. The van der Waals surface area contributed by atoms with E-state index in [1.807, 2.05) is 6.07 Å². The summed E-state index contributed by atoms with van der Waals surface area (Å²) in [7, 11) is 0. The first-order valence-electron chi connectivity index (χ1n) is 5.98. The number of aromatic nitrogens is 2. The van der Waals surface area contributed by atoms with Crippen molar-refractivity contribution < 1.29 is 9.15 Å². The average molecular weight is 233 g/mol. The van der Waals surface area contributed by atoms with Gasteiger partial charge in [0.05, 0.1) is 12.6 Å². The summed E-state index contributed by atoms with van der Waals surface area (Å²) in [5.74, 6) is 1.23. The topological polar surface area (TPSA) is 74.2 Å². The van der Waals surface area contributed by atoms with Gasteiger partial charge in [0.1, 0.15) is 0 Å². The molecule has 5 heteroatoms. The zero-order valence-corrected chi connectivity index (χ0v) is 9.56. The summed E-state index contributed by atoms with van der Waals surface area (Å²) in [5, 5.41) is 0. The van der Waals surface area contributed by atoms with Gasteiger partial charge in [-0.3, -0.25) is 0 Å². The Morgan fingerprint density at radius 3 is 3.00 bits per heavy atom. The Kier molecular flexibility index (Phi) is 2.68. The van der Waals surface area contributed by atoms with Gasteiger partial charge in [-0.25, -0.2) is 4.98 Å². The summed E-state index contributed by atoms with van der Waals surface area (Å²) in [6.07, 6.45) is 6.69. The first-order chi connectivity index (χ1) is 8.36. The molecule has 0 amide bonds. The molecule has 90 valence electrons. The predicted octanol–water partition coefficient (Wildman–Crippen LogP) is 2.00. The second-order valence-electron chi connectivity index (χ2n) is 4.30. The van der Waals surface area contributed by atoms with Gasteiger partial charge in [-0.15, -0.1) is 0 Å². The van der Waals surface area contributed by atoms with E-state index in [1.165, 1.54) is 12.8 Å².